The zero-order chi connectivity index (χ0) is 38.2. The number of aromatic nitrogens is 4. The van der Waals surface area contributed by atoms with Crippen LogP contribution in [0.5, 0.6) is 0 Å². The molecule has 0 bridgehead atoms. The fraction of sp³-hybridized carbons (Fsp3) is 0.0377. The van der Waals surface area contributed by atoms with Crippen molar-refractivity contribution < 1.29 is 4.42 Å². The molecule has 0 saturated heterocycles. The fourth-order valence-corrected chi connectivity index (χ4v) is 9.01. The van der Waals surface area contributed by atoms with Crippen LogP contribution < -0.4 is 0 Å². The number of allylic oxidation sites excluding steroid dienone is 1. The van der Waals surface area contributed by atoms with Gasteiger partial charge in [0.05, 0.1) is 11.2 Å². The van der Waals surface area contributed by atoms with Gasteiger partial charge in [-0.25, -0.2) is 15.0 Å². The quantitative estimate of drug-likeness (QED) is 0.176. The second-order valence-corrected chi connectivity index (χ2v) is 15.1. The molecule has 0 N–H and O–H groups in total. The van der Waals surface area contributed by atoms with Crippen LogP contribution in [0.2, 0.25) is 0 Å². The van der Waals surface area contributed by atoms with E-state index in [1.807, 2.05) is 6.07 Å². The van der Waals surface area contributed by atoms with Crippen molar-refractivity contribution >= 4 is 60.5 Å². The SMILES string of the molecule is C1=Cc2c(c3c(-c4ccccc4)cccc3n2-c2cccc3c2oc2cccc(-c4nc(-c5ccc6ccccc6c5)nc(-c5ccc6ccccc6c5)n4)c23)CC1. The molecular formula is C53H34N4O. The normalized spacial score (nSPS) is 12.6. The lowest BCUT2D eigenvalue weighted by molar-refractivity contribution is 0.665. The van der Waals surface area contributed by atoms with Crippen molar-refractivity contribution in [2.75, 3.05) is 0 Å². The minimum atomic E-state index is 0.597. The van der Waals surface area contributed by atoms with E-state index in [4.69, 9.17) is 19.4 Å². The molecule has 272 valence electrons. The number of hydrogen-bond donors (Lipinski definition) is 0. The summed E-state index contributed by atoms with van der Waals surface area (Å²) < 4.78 is 9.33. The van der Waals surface area contributed by atoms with Crippen molar-refractivity contribution in [3.8, 4) is 51.0 Å². The monoisotopic (exact) mass is 742 g/mol. The highest BCUT2D eigenvalue weighted by atomic mass is 16.3. The maximum absolute atomic E-state index is 6.93. The van der Waals surface area contributed by atoms with Crippen molar-refractivity contribution in [1.82, 2.24) is 19.5 Å². The Morgan fingerprint density at radius 3 is 1.86 bits per heavy atom. The third-order valence-corrected chi connectivity index (χ3v) is 11.7. The number of aryl methyl sites for hydroxylation is 1. The molecule has 3 heterocycles. The van der Waals surface area contributed by atoms with Gasteiger partial charge < -0.3 is 8.98 Å². The molecule has 12 rings (SSSR count). The van der Waals surface area contributed by atoms with Crippen LogP contribution in [0.4, 0.5) is 0 Å². The maximum atomic E-state index is 6.93. The van der Waals surface area contributed by atoms with Crippen molar-refractivity contribution in [2.24, 2.45) is 0 Å². The molecule has 0 aliphatic heterocycles. The van der Waals surface area contributed by atoms with Crippen LogP contribution in [0.3, 0.4) is 0 Å². The summed E-state index contributed by atoms with van der Waals surface area (Å²) >= 11 is 0. The Balaban J connectivity index is 1.09. The number of hydrogen-bond acceptors (Lipinski definition) is 4. The van der Waals surface area contributed by atoms with E-state index in [1.54, 1.807) is 0 Å². The summed E-state index contributed by atoms with van der Waals surface area (Å²) in [7, 11) is 0. The number of nitrogens with zero attached hydrogens (tertiary/aromatic N) is 4. The molecule has 5 nitrogen and oxygen atoms in total. The van der Waals surface area contributed by atoms with Gasteiger partial charge in [-0.1, -0.05) is 146 Å². The molecule has 1 aliphatic carbocycles. The van der Waals surface area contributed by atoms with Gasteiger partial charge in [0.2, 0.25) is 0 Å². The maximum Gasteiger partial charge on any atom is 0.164 e. The second kappa shape index (κ2) is 13.0. The molecule has 0 atom stereocenters. The minimum absolute atomic E-state index is 0.597. The predicted octanol–water partition coefficient (Wildman–Crippen LogP) is 13.6. The average Bonchev–Trinajstić information content (AvgIpc) is 3.85. The summed E-state index contributed by atoms with van der Waals surface area (Å²) in [5.41, 5.74) is 11.6. The van der Waals surface area contributed by atoms with E-state index >= 15 is 0 Å². The second-order valence-electron chi connectivity index (χ2n) is 15.1. The Labute approximate surface area is 334 Å². The van der Waals surface area contributed by atoms with Gasteiger partial charge >= 0.3 is 0 Å². The number of benzene rings is 8. The Kier molecular flexibility index (Phi) is 7.29. The van der Waals surface area contributed by atoms with Crippen molar-refractivity contribution in [3.63, 3.8) is 0 Å². The standard InChI is InChI=1S/C53H34N4O/c1-2-15-35(16-3-1)40-20-10-24-45-48(40)41-19-8-9-23-44(41)57(45)46-25-11-21-42-49-43(22-12-26-47(49)58-50(42)46)53-55-51(38-29-27-33-13-4-6-17-36(33)31-38)54-52(56-53)39-30-28-34-14-5-7-18-37(34)32-39/h1-7,9-18,20-32H,8,19H2. The van der Waals surface area contributed by atoms with E-state index in [1.165, 1.54) is 44.1 Å². The lowest BCUT2D eigenvalue weighted by Gasteiger charge is -2.12. The zero-order valence-electron chi connectivity index (χ0n) is 31.4. The summed E-state index contributed by atoms with van der Waals surface area (Å²) in [4.78, 5) is 15.6. The van der Waals surface area contributed by atoms with E-state index in [2.05, 4.69) is 181 Å². The lowest BCUT2D eigenvalue weighted by Crippen LogP contribution is -2.01. The lowest BCUT2D eigenvalue weighted by atomic mass is 9.94. The summed E-state index contributed by atoms with van der Waals surface area (Å²) in [5.74, 6) is 1.84. The van der Waals surface area contributed by atoms with E-state index in [-0.39, 0.29) is 0 Å². The Morgan fingerprint density at radius 1 is 0.483 bits per heavy atom. The van der Waals surface area contributed by atoms with Gasteiger partial charge in [-0.2, -0.15) is 0 Å². The first-order valence-electron chi connectivity index (χ1n) is 19.8. The Bertz CT molecular complexity index is 3370. The van der Waals surface area contributed by atoms with E-state index in [0.29, 0.717) is 17.5 Å². The van der Waals surface area contributed by atoms with Gasteiger partial charge in [-0.3, -0.25) is 0 Å². The third-order valence-electron chi connectivity index (χ3n) is 11.7. The Morgan fingerprint density at radius 2 is 1.12 bits per heavy atom. The molecule has 0 spiro atoms. The van der Waals surface area contributed by atoms with E-state index in [0.717, 1.165) is 67.9 Å². The van der Waals surface area contributed by atoms with Crippen molar-refractivity contribution in [1.29, 1.82) is 0 Å². The Hall–Kier alpha value is -7.63. The minimum Gasteiger partial charge on any atom is -0.454 e. The van der Waals surface area contributed by atoms with Crippen molar-refractivity contribution in [2.45, 2.75) is 12.8 Å². The number of fused-ring (bicyclic) bond motifs is 8. The molecule has 11 aromatic rings. The first kappa shape index (κ1) is 32.6. The van der Waals surface area contributed by atoms with Crippen LogP contribution in [0.25, 0.3) is 111 Å². The smallest absolute Gasteiger partial charge is 0.164 e. The van der Waals surface area contributed by atoms with Gasteiger partial charge in [0.1, 0.15) is 5.58 Å². The highest BCUT2D eigenvalue weighted by Crippen LogP contribution is 2.44. The van der Waals surface area contributed by atoms with Crippen LogP contribution in [0.15, 0.2) is 180 Å². The first-order chi connectivity index (χ1) is 28.7. The van der Waals surface area contributed by atoms with E-state index < -0.39 is 0 Å². The number of furan rings is 1. The fourth-order valence-electron chi connectivity index (χ4n) is 9.01. The first-order valence-corrected chi connectivity index (χ1v) is 19.8. The van der Waals surface area contributed by atoms with Gasteiger partial charge in [0, 0.05) is 38.5 Å². The molecule has 5 heteroatoms. The number of para-hydroxylation sites is 1. The molecule has 0 radical (unpaired) electrons. The van der Waals surface area contributed by atoms with Gasteiger partial charge in [0.15, 0.2) is 23.1 Å². The largest absolute Gasteiger partial charge is 0.454 e. The van der Waals surface area contributed by atoms with E-state index in [9.17, 15) is 0 Å². The molecule has 0 fully saturated rings. The number of rotatable bonds is 5. The highest BCUT2D eigenvalue weighted by Gasteiger charge is 2.25. The molecule has 8 aromatic carbocycles. The summed E-state index contributed by atoms with van der Waals surface area (Å²) in [5, 5.41) is 7.90. The average molecular weight is 743 g/mol. The molecule has 3 aromatic heterocycles. The summed E-state index contributed by atoms with van der Waals surface area (Å²) in [6.07, 6.45) is 6.57. The van der Waals surface area contributed by atoms with Crippen LogP contribution in [0, 0.1) is 0 Å². The molecule has 0 saturated carbocycles. The summed E-state index contributed by atoms with van der Waals surface area (Å²) in [6, 6.07) is 59.7. The van der Waals surface area contributed by atoms with Gasteiger partial charge in [-0.15, -0.1) is 0 Å². The molecule has 1 aliphatic rings. The van der Waals surface area contributed by atoms with Crippen LogP contribution in [0.1, 0.15) is 17.7 Å². The molecule has 58 heavy (non-hydrogen) atoms. The van der Waals surface area contributed by atoms with Gasteiger partial charge in [0.25, 0.3) is 0 Å². The van der Waals surface area contributed by atoms with Gasteiger partial charge in [-0.05, 0) is 87.5 Å². The van der Waals surface area contributed by atoms with Crippen LogP contribution >= 0.6 is 0 Å². The third kappa shape index (κ3) is 5.14. The predicted molar refractivity (Wildman–Crippen MR) is 238 cm³/mol. The zero-order valence-corrected chi connectivity index (χ0v) is 31.4. The van der Waals surface area contributed by atoms with Crippen molar-refractivity contribution in [3.05, 3.63) is 187 Å². The topological polar surface area (TPSA) is 56.7 Å². The van der Waals surface area contributed by atoms with Crippen LogP contribution in [-0.2, 0) is 6.42 Å². The highest BCUT2D eigenvalue weighted by molar-refractivity contribution is 6.14. The van der Waals surface area contributed by atoms with Crippen LogP contribution in [-0.4, -0.2) is 19.5 Å². The molecular weight excluding hydrogens is 709 g/mol. The summed E-state index contributed by atoms with van der Waals surface area (Å²) in [6.45, 7) is 0. The molecule has 0 amide bonds. The molecule has 0 unspecified atom stereocenters.